The molecule has 0 radical (unpaired) electrons. The van der Waals surface area contributed by atoms with Gasteiger partial charge in [0.05, 0.1) is 20.3 Å². The zero-order valence-corrected chi connectivity index (χ0v) is 20.1. The van der Waals surface area contributed by atoms with Crippen LogP contribution in [0, 0.1) is 0 Å². The molecule has 0 amide bonds. The van der Waals surface area contributed by atoms with Gasteiger partial charge in [-0.05, 0) is 77.2 Å². The topological polar surface area (TPSA) is 24.9 Å². The Bertz CT molecular complexity index is 481. The van der Waals surface area contributed by atoms with E-state index >= 15 is 0 Å². The van der Waals surface area contributed by atoms with E-state index in [-0.39, 0.29) is 22.3 Å². The molecular formula is C28H58N2O2. The van der Waals surface area contributed by atoms with Crippen molar-refractivity contribution in [1.82, 2.24) is 9.80 Å². The summed E-state index contributed by atoms with van der Waals surface area (Å²) in [5.41, 5.74) is 1.35. The van der Waals surface area contributed by atoms with Gasteiger partial charge < -0.3 is 14.4 Å². The monoisotopic (exact) mass is 454 g/mol. The fourth-order valence-corrected chi connectivity index (χ4v) is 3.52. The SMILES string of the molecule is C.C.C.CC(C)N1CCCCC1.CC(C)N1CCOCC1.COc1ccc(C(C)C)cc1. The minimum Gasteiger partial charge on any atom is -0.497 e. The van der Waals surface area contributed by atoms with Crippen molar-refractivity contribution < 1.29 is 9.47 Å². The minimum absolute atomic E-state index is 0. The van der Waals surface area contributed by atoms with Crippen LogP contribution in [0.25, 0.3) is 0 Å². The predicted molar refractivity (Wildman–Crippen MR) is 145 cm³/mol. The maximum absolute atomic E-state index is 5.21. The van der Waals surface area contributed by atoms with Gasteiger partial charge in [-0.1, -0.05) is 54.7 Å². The number of benzene rings is 1. The summed E-state index contributed by atoms with van der Waals surface area (Å²) in [6.07, 6.45) is 4.28. The van der Waals surface area contributed by atoms with Crippen LogP contribution in [0.5, 0.6) is 5.75 Å². The highest BCUT2D eigenvalue weighted by molar-refractivity contribution is 5.28. The van der Waals surface area contributed by atoms with Crippen molar-refractivity contribution >= 4 is 0 Å². The van der Waals surface area contributed by atoms with Crippen LogP contribution < -0.4 is 4.74 Å². The molecule has 0 unspecified atom stereocenters. The molecule has 2 fully saturated rings. The van der Waals surface area contributed by atoms with E-state index in [9.17, 15) is 0 Å². The second-order valence-corrected chi connectivity index (χ2v) is 8.86. The van der Waals surface area contributed by atoms with Crippen LogP contribution in [0.2, 0.25) is 0 Å². The first-order chi connectivity index (χ1) is 13.8. The summed E-state index contributed by atoms with van der Waals surface area (Å²) in [5.74, 6) is 1.52. The predicted octanol–water partition coefficient (Wildman–Crippen LogP) is 7.33. The number of piperidine rings is 1. The highest BCUT2D eigenvalue weighted by atomic mass is 16.5. The molecule has 0 aromatic heterocycles. The largest absolute Gasteiger partial charge is 0.497 e. The summed E-state index contributed by atoms with van der Waals surface area (Å²) in [6.45, 7) is 20.1. The summed E-state index contributed by atoms with van der Waals surface area (Å²) >= 11 is 0. The second-order valence-electron chi connectivity index (χ2n) is 8.86. The van der Waals surface area contributed by atoms with Crippen LogP contribution in [0.15, 0.2) is 24.3 Å². The van der Waals surface area contributed by atoms with E-state index in [1.807, 2.05) is 12.1 Å². The van der Waals surface area contributed by atoms with Crippen molar-refractivity contribution in [3.8, 4) is 5.75 Å². The van der Waals surface area contributed by atoms with Gasteiger partial charge in [0, 0.05) is 25.2 Å². The maximum atomic E-state index is 5.21. The highest BCUT2D eigenvalue weighted by Gasteiger charge is 2.12. The van der Waals surface area contributed by atoms with E-state index in [4.69, 9.17) is 9.47 Å². The van der Waals surface area contributed by atoms with Crippen molar-refractivity contribution in [2.24, 2.45) is 0 Å². The molecule has 2 heterocycles. The van der Waals surface area contributed by atoms with Crippen molar-refractivity contribution in [3.63, 3.8) is 0 Å². The molecule has 2 aliphatic rings. The molecule has 0 spiro atoms. The van der Waals surface area contributed by atoms with Crippen LogP contribution >= 0.6 is 0 Å². The minimum atomic E-state index is 0. The van der Waals surface area contributed by atoms with Crippen LogP contribution in [0.3, 0.4) is 0 Å². The Morgan fingerprint density at radius 1 is 0.688 bits per heavy atom. The molecule has 1 aromatic carbocycles. The fraction of sp³-hybridized carbons (Fsp3) is 0.786. The fourth-order valence-electron chi connectivity index (χ4n) is 3.52. The summed E-state index contributed by atoms with van der Waals surface area (Å²) in [5, 5.41) is 0. The van der Waals surface area contributed by atoms with E-state index in [1.54, 1.807) is 7.11 Å². The lowest BCUT2D eigenvalue weighted by Gasteiger charge is -2.29. The van der Waals surface area contributed by atoms with Gasteiger partial charge in [-0.15, -0.1) is 0 Å². The van der Waals surface area contributed by atoms with Crippen molar-refractivity contribution in [2.45, 2.75) is 101 Å². The lowest BCUT2D eigenvalue weighted by Crippen LogP contribution is -2.40. The molecule has 0 aliphatic carbocycles. The van der Waals surface area contributed by atoms with Gasteiger partial charge >= 0.3 is 0 Å². The Morgan fingerprint density at radius 2 is 1.12 bits per heavy atom. The molecule has 2 aliphatic heterocycles. The molecule has 4 heteroatoms. The number of nitrogens with zero attached hydrogens (tertiary/aromatic N) is 2. The first kappa shape index (κ1) is 35.5. The first-order valence-corrected chi connectivity index (χ1v) is 11.5. The van der Waals surface area contributed by atoms with Crippen LogP contribution in [0.1, 0.15) is 94.6 Å². The standard InChI is InChI=1S/C10H14O.C8H17N.C7H15NO.3CH4/c1-8(2)9-4-6-10(11-3)7-5-9;1-8(2)9-6-4-3-5-7-9;1-7(2)8-3-5-9-6-4-8;;;/h4-8H,1-3H3;8H,3-7H2,1-2H3;7H,3-6H2,1-2H3;3*1H4. The molecule has 0 saturated carbocycles. The van der Waals surface area contributed by atoms with E-state index in [1.165, 1.54) is 37.9 Å². The van der Waals surface area contributed by atoms with Crippen molar-refractivity contribution in [3.05, 3.63) is 29.8 Å². The third-order valence-corrected chi connectivity index (χ3v) is 5.68. The molecule has 1 aromatic rings. The number of rotatable bonds is 4. The normalized spacial score (nSPS) is 16.4. The Hall–Kier alpha value is -1.10. The van der Waals surface area contributed by atoms with Gasteiger partial charge in [-0.2, -0.15) is 0 Å². The molecule has 4 nitrogen and oxygen atoms in total. The summed E-state index contributed by atoms with van der Waals surface area (Å²) in [7, 11) is 1.68. The van der Waals surface area contributed by atoms with Crippen LogP contribution in [0.4, 0.5) is 0 Å². The molecular weight excluding hydrogens is 396 g/mol. The molecule has 2 saturated heterocycles. The smallest absolute Gasteiger partial charge is 0.118 e. The second kappa shape index (κ2) is 20.5. The average molecular weight is 455 g/mol. The Kier molecular flexibility index (Phi) is 22.7. The van der Waals surface area contributed by atoms with E-state index in [2.05, 4.69) is 63.5 Å². The number of hydrogen-bond donors (Lipinski definition) is 0. The van der Waals surface area contributed by atoms with Gasteiger partial charge in [0.15, 0.2) is 0 Å². The Morgan fingerprint density at radius 3 is 1.44 bits per heavy atom. The maximum Gasteiger partial charge on any atom is 0.118 e. The zero-order valence-electron chi connectivity index (χ0n) is 20.1. The molecule has 0 atom stereocenters. The quantitative estimate of drug-likeness (QED) is 0.475. The summed E-state index contributed by atoms with van der Waals surface area (Å²) in [6, 6.07) is 9.65. The summed E-state index contributed by atoms with van der Waals surface area (Å²) < 4.78 is 10.3. The van der Waals surface area contributed by atoms with Crippen molar-refractivity contribution in [1.29, 1.82) is 0 Å². The van der Waals surface area contributed by atoms with E-state index in [0.717, 1.165) is 38.1 Å². The number of methoxy groups -OCH3 is 1. The van der Waals surface area contributed by atoms with Gasteiger partial charge in [-0.25, -0.2) is 0 Å². The number of morpholine rings is 1. The van der Waals surface area contributed by atoms with Gasteiger partial charge in [0.2, 0.25) is 0 Å². The molecule has 0 bridgehead atoms. The molecule has 32 heavy (non-hydrogen) atoms. The third-order valence-electron chi connectivity index (χ3n) is 5.68. The van der Waals surface area contributed by atoms with Crippen molar-refractivity contribution in [2.75, 3.05) is 46.5 Å². The Labute approximate surface area is 202 Å². The van der Waals surface area contributed by atoms with Gasteiger partial charge in [0.1, 0.15) is 5.75 Å². The molecule has 3 rings (SSSR count). The average Bonchev–Trinajstić information content (AvgIpc) is 2.76. The number of likely N-dealkylation sites (tertiary alicyclic amines) is 1. The van der Waals surface area contributed by atoms with Crippen LogP contribution in [-0.4, -0.2) is 68.4 Å². The third kappa shape index (κ3) is 14.9. The molecule has 0 N–H and O–H groups in total. The number of hydrogen-bond acceptors (Lipinski definition) is 4. The lowest BCUT2D eigenvalue weighted by molar-refractivity contribution is 0.0238. The van der Waals surface area contributed by atoms with E-state index in [0.29, 0.717) is 12.0 Å². The molecule has 192 valence electrons. The number of ether oxygens (including phenoxy) is 2. The lowest BCUT2D eigenvalue weighted by atomic mass is 10.0. The highest BCUT2D eigenvalue weighted by Crippen LogP contribution is 2.17. The van der Waals surface area contributed by atoms with Gasteiger partial charge in [-0.3, -0.25) is 4.90 Å². The first-order valence-electron chi connectivity index (χ1n) is 11.5. The Balaban J connectivity index is -0.000000379. The summed E-state index contributed by atoms with van der Waals surface area (Å²) in [4.78, 5) is 4.99. The zero-order chi connectivity index (χ0) is 21.6. The van der Waals surface area contributed by atoms with E-state index < -0.39 is 0 Å². The van der Waals surface area contributed by atoms with Crippen LogP contribution in [-0.2, 0) is 4.74 Å². The van der Waals surface area contributed by atoms with Gasteiger partial charge in [0.25, 0.3) is 0 Å².